The van der Waals surface area contributed by atoms with Crippen LogP contribution in [0.15, 0.2) is 4.99 Å². The molecule has 96 valence electrons. The summed E-state index contributed by atoms with van der Waals surface area (Å²) < 4.78 is 0. The van der Waals surface area contributed by atoms with Gasteiger partial charge in [0, 0.05) is 12.5 Å². The maximum atomic E-state index is 11.6. The normalized spacial score (nSPS) is 23.9. The lowest BCUT2D eigenvalue weighted by Gasteiger charge is -2.27. The fourth-order valence-electron chi connectivity index (χ4n) is 1.90. The van der Waals surface area contributed by atoms with Gasteiger partial charge in [0.15, 0.2) is 5.96 Å². The molecule has 1 saturated heterocycles. The maximum Gasteiger partial charge on any atom is 0.240 e. The summed E-state index contributed by atoms with van der Waals surface area (Å²) in [5.74, 6) is -0.589. The second-order valence-corrected chi connectivity index (χ2v) is 4.19. The van der Waals surface area contributed by atoms with Gasteiger partial charge < -0.3 is 22.5 Å². The van der Waals surface area contributed by atoms with Gasteiger partial charge in [0.2, 0.25) is 11.8 Å². The van der Waals surface area contributed by atoms with Crippen LogP contribution >= 0.6 is 0 Å². The molecule has 1 aliphatic heterocycles. The van der Waals surface area contributed by atoms with Crippen molar-refractivity contribution in [3.05, 3.63) is 0 Å². The number of hydrogen-bond donors (Lipinski definition) is 4. The van der Waals surface area contributed by atoms with Gasteiger partial charge in [-0.1, -0.05) is 0 Å². The van der Waals surface area contributed by atoms with E-state index < -0.39 is 11.9 Å². The molecule has 0 aromatic heterocycles. The van der Waals surface area contributed by atoms with Crippen LogP contribution in [0.1, 0.15) is 25.7 Å². The highest BCUT2D eigenvalue weighted by Gasteiger charge is 2.29. The van der Waals surface area contributed by atoms with Crippen molar-refractivity contribution in [2.45, 2.75) is 31.7 Å². The molecule has 0 spiro atoms. The van der Waals surface area contributed by atoms with Crippen LogP contribution < -0.4 is 22.5 Å². The molecule has 0 aliphatic carbocycles. The first-order valence-corrected chi connectivity index (χ1v) is 5.65. The monoisotopic (exact) mass is 241 g/mol. The molecule has 7 N–H and O–H groups in total. The zero-order valence-corrected chi connectivity index (χ0v) is 9.69. The van der Waals surface area contributed by atoms with Crippen molar-refractivity contribution in [3.63, 3.8) is 0 Å². The van der Waals surface area contributed by atoms with E-state index in [1.807, 2.05) is 0 Å². The van der Waals surface area contributed by atoms with E-state index in [-0.39, 0.29) is 17.8 Å². The van der Waals surface area contributed by atoms with E-state index in [1.54, 1.807) is 0 Å². The highest BCUT2D eigenvalue weighted by Crippen LogP contribution is 2.20. The van der Waals surface area contributed by atoms with Crippen molar-refractivity contribution in [2.24, 2.45) is 28.1 Å². The smallest absolute Gasteiger partial charge is 0.240 e. The number of guanidine groups is 1. The molecule has 1 heterocycles. The molecular formula is C10H19N5O2. The second-order valence-electron chi connectivity index (χ2n) is 4.19. The third-order valence-corrected chi connectivity index (χ3v) is 2.84. The summed E-state index contributed by atoms with van der Waals surface area (Å²) in [6.07, 6.45) is 2.75. The zero-order chi connectivity index (χ0) is 12.8. The summed E-state index contributed by atoms with van der Waals surface area (Å²) in [6.45, 7) is 0.519. The maximum absolute atomic E-state index is 11.6. The van der Waals surface area contributed by atoms with Crippen LogP contribution in [-0.2, 0) is 9.59 Å². The molecule has 0 aromatic rings. The summed E-state index contributed by atoms with van der Waals surface area (Å²) in [5, 5.41) is 2.62. The first kappa shape index (κ1) is 13.3. The van der Waals surface area contributed by atoms with Crippen LogP contribution in [0.5, 0.6) is 0 Å². The summed E-state index contributed by atoms with van der Waals surface area (Å²) in [4.78, 5) is 26.4. The van der Waals surface area contributed by atoms with Gasteiger partial charge in [-0.3, -0.25) is 14.6 Å². The van der Waals surface area contributed by atoms with Gasteiger partial charge in [-0.25, -0.2) is 0 Å². The molecule has 1 rings (SSSR count). The molecule has 7 nitrogen and oxygen atoms in total. The minimum atomic E-state index is -0.517. The molecule has 2 amide bonds. The topological polar surface area (TPSA) is 137 Å². The summed E-state index contributed by atoms with van der Waals surface area (Å²) >= 11 is 0. The number of aliphatic imine (C=N–C) groups is 1. The Balaban J connectivity index is 2.30. The number of amides is 2. The average molecular weight is 241 g/mol. The predicted octanol–water partition coefficient (Wildman–Crippen LogP) is -1.58. The highest BCUT2D eigenvalue weighted by molar-refractivity contribution is 5.88. The Labute approximate surface area is 99.8 Å². The minimum absolute atomic E-state index is 0.0619. The Morgan fingerprint density at radius 3 is 2.59 bits per heavy atom. The fourth-order valence-corrected chi connectivity index (χ4v) is 1.90. The highest BCUT2D eigenvalue weighted by atomic mass is 16.2. The van der Waals surface area contributed by atoms with Crippen molar-refractivity contribution in [1.82, 2.24) is 5.32 Å². The molecule has 17 heavy (non-hydrogen) atoms. The lowest BCUT2D eigenvalue weighted by Crippen LogP contribution is -2.50. The van der Waals surface area contributed by atoms with Crippen LogP contribution in [0.2, 0.25) is 0 Å². The summed E-state index contributed by atoms with van der Waals surface area (Å²) in [5.41, 5.74) is 15.5. The average Bonchev–Trinajstić information content (AvgIpc) is 2.25. The standard InChI is InChI=1S/C10H19N5O2/c11-8(16)7-4-3-6(9(17)15-7)2-1-5-14-10(12)13/h6-7H,1-5H2,(H2,11,16)(H,15,17)(H4,12,13,14)/t6-,7+/m0/s1. The quantitative estimate of drug-likeness (QED) is 0.262. The number of nitrogens with zero attached hydrogens (tertiary/aromatic N) is 1. The van der Waals surface area contributed by atoms with Crippen LogP contribution in [-0.4, -0.2) is 30.4 Å². The molecule has 0 saturated carbocycles. The summed E-state index contributed by atoms with van der Waals surface area (Å²) in [7, 11) is 0. The number of hydrogen-bond acceptors (Lipinski definition) is 3. The number of piperidine rings is 1. The number of primary amides is 1. The molecule has 0 radical (unpaired) electrons. The third-order valence-electron chi connectivity index (χ3n) is 2.84. The Morgan fingerprint density at radius 1 is 1.35 bits per heavy atom. The van der Waals surface area contributed by atoms with E-state index in [0.717, 1.165) is 6.42 Å². The fraction of sp³-hybridized carbons (Fsp3) is 0.700. The lowest BCUT2D eigenvalue weighted by molar-refractivity contribution is -0.132. The van der Waals surface area contributed by atoms with E-state index in [9.17, 15) is 9.59 Å². The molecule has 0 bridgehead atoms. The largest absolute Gasteiger partial charge is 0.370 e. The van der Waals surface area contributed by atoms with Crippen LogP contribution in [0.4, 0.5) is 0 Å². The number of nitrogens with one attached hydrogen (secondary N) is 1. The van der Waals surface area contributed by atoms with Crippen LogP contribution in [0, 0.1) is 5.92 Å². The van der Waals surface area contributed by atoms with Gasteiger partial charge in [0.1, 0.15) is 6.04 Å². The molecular weight excluding hydrogens is 222 g/mol. The lowest BCUT2D eigenvalue weighted by atomic mass is 9.90. The molecule has 0 aromatic carbocycles. The first-order valence-electron chi connectivity index (χ1n) is 5.65. The summed E-state index contributed by atoms with van der Waals surface area (Å²) in [6, 6.07) is -0.517. The van der Waals surface area contributed by atoms with Crippen molar-refractivity contribution >= 4 is 17.8 Å². The van der Waals surface area contributed by atoms with Gasteiger partial charge in [0.25, 0.3) is 0 Å². The van der Waals surface area contributed by atoms with Gasteiger partial charge in [0.05, 0.1) is 0 Å². The van der Waals surface area contributed by atoms with Gasteiger partial charge in [-0.05, 0) is 25.7 Å². The van der Waals surface area contributed by atoms with Crippen molar-refractivity contribution in [1.29, 1.82) is 0 Å². The number of carbonyl (C=O) groups is 2. The number of carbonyl (C=O) groups excluding carboxylic acids is 2. The molecule has 1 fully saturated rings. The van der Waals surface area contributed by atoms with E-state index in [0.29, 0.717) is 25.8 Å². The predicted molar refractivity (Wildman–Crippen MR) is 63.8 cm³/mol. The van der Waals surface area contributed by atoms with Crippen LogP contribution in [0.3, 0.4) is 0 Å². The van der Waals surface area contributed by atoms with E-state index >= 15 is 0 Å². The molecule has 1 aliphatic rings. The Morgan fingerprint density at radius 2 is 2.06 bits per heavy atom. The van der Waals surface area contributed by atoms with Gasteiger partial charge >= 0.3 is 0 Å². The molecule has 2 atom stereocenters. The SMILES string of the molecule is NC(=O)[C@H]1CC[C@H](CCCN=C(N)N)C(=O)N1. The number of nitrogens with two attached hydrogens (primary N) is 3. The minimum Gasteiger partial charge on any atom is -0.370 e. The van der Waals surface area contributed by atoms with Crippen molar-refractivity contribution in [3.8, 4) is 0 Å². The second kappa shape index (κ2) is 6.07. The van der Waals surface area contributed by atoms with Gasteiger partial charge in [-0.15, -0.1) is 0 Å². The van der Waals surface area contributed by atoms with Crippen molar-refractivity contribution < 1.29 is 9.59 Å². The Hall–Kier alpha value is -1.79. The number of rotatable bonds is 5. The van der Waals surface area contributed by atoms with Crippen LogP contribution in [0.25, 0.3) is 0 Å². The van der Waals surface area contributed by atoms with E-state index in [1.165, 1.54) is 0 Å². The Bertz CT molecular complexity index is 325. The Kier molecular flexibility index (Phi) is 4.74. The molecule has 0 unspecified atom stereocenters. The van der Waals surface area contributed by atoms with E-state index in [4.69, 9.17) is 17.2 Å². The van der Waals surface area contributed by atoms with Crippen molar-refractivity contribution in [2.75, 3.05) is 6.54 Å². The third kappa shape index (κ3) is 4.29. The van der Waals surface area contributed by atoms with E-state index in [2.05, 4.69) is 10.3 Å². The molecule has 7 heteroatoms. The zero-order valence-electron chi connectivity index (χ0n) is 9.69. The first-order chi connectivity index (χ1) is 8.00. The van der Waals surface area contributed by atoms with Gasteiger partial charge in [-0.2, -0.15) is 0 Å².